The van der Waals surface area contributed by atoms with E-state index in [1.807, 2.05) is 12.1 Å². The van der Waals surface area contributed by atoms with E-state index >= 15 is 0 Å². The lowest BCUT2D eigenvalue weighted by Gasteiger charge is -2.34. The number of urea groups is 1. The van der Waals surface area contributed by atoms with Crippen LogP contribution in [0.15, 0.2) is 24.3 Å². The molecule has 1 fully saturated rings. The second-order valence-corrected chi connectivity index (χ2v) is 8.45. The maximum Gasteiger partial charge on any atom is 0.314 e. The Hall–Kier alpha value is -1.30. The van der Waals surface area contributed by atoms with Crippen LogP contribution in [0.25, 0.3) is 0 Å². The van der Waals surface area contributed by atoms with Crippen molar-refractivity contribution in [3.05, 3.63) is 34.9 Å². The first-order valence-corrected chi connectivity index (χ1v) is 11.8. The fourth-order valence-corrected chi connectivity index (χ4v) is 3.84. The fraction of sp³-hybridized carbons (Fsp3) is 0.696. The highest BCUT2D eigenvalue weighted by Gasteiger charge is 2.16. The molecule has 2 rings (SSSR count). The monoisotopic (exact) mass is 422 g/mol. The molecule has 0 unspecified atom stereocenters. The number of unbranched alkanes of at least 4 members (excludes halogenated alkanes) is 3. The number of carbonyl (C=O) groups is 1. The van der Waals surface area contributed by atoms with Gasteiger partial charge in [0, 0.05) is 44.3 Å². The minimum Gasteiger partial charge on any atom is -0.338 e. The zero-order valence-corrected chi connectivity index (χ0v) is 18.9. The van der Waals surface area contributed by atoms with Gasteiger partial charge in [-0.1, -0.05) is 49.9 Å². The van der Waals surface area contributed by atoms with E-state index in [4.69, 9.17) is 11.6 Å². The molecule has 1 aromatic carbocycles. The lowest BCUT2D eigenvalue weighted by molar-refractivity contribution is 0.130. The molecule has 0 bridgehead atoms. The molecule has 29 heavy (non-hydrogen) atoms. The van der Waals surface area contributed by atoms with E-state index < -0.39 is 0 Å². The number of nitrogens with zero attached hydrogens (tertiary/aromatic N) is 2. The minimum atomic E-state index is -0.0213. The van der Waals surface area contributed by atoms with Crippen LogP contribution >= 0.6 is 11.6 Å². The molecule has 1 aliphatic rings. The SMILES string of the molecule is CCCCCCNC(=O)NCCCN1CCN(CCCc2ccc(Cl)cc2)CC1. The van der Waals surface area contributed by atoms with Gasteiger partial charge in [0.15, 0.2) is 0 Å². The van der Waals surface area contributed by atoms with Crippen LogP contribution in [0.4, 0.5) is 4.79 Å². The van der Waals surface area contributed by atoms with Gasteiger partial charge in [0.05, 0.1) is 0 Å². The van der Waals surface area contributed by atoms with Crippen molar-refractivity contribution >= 4 is 17.6 Å². The summed E-state index contributed by atoms with van der Waals surface area (Å²) in [7, 11) is 0. The third kappa shape index (κ3) is 10.9. The number of hydrogen-bond acceptors (Lipinski definition) is 3. The Morgan fingerprint density at radius 2 is 1.45 bits per heavy atom. The molecular formula is C23H39ClN4O. The third-order valence-corrected chi connectivity index (χ3v) is 5.82. The lowest BCUT2D eigenvalue weighted by atomic mass is 10.1. The third-order valence-electron chi connectivity index (χ3n) is 5.57. The van der Waals surface area contributed by atoms with E-state index in [2.05, 4.69) is 39.5 Å². The number of piperazine rings is 1. The Morgan fingerprint density at radius 1 is 0.862 bits per heavy atom. The normalized spacial score (nSPS) is 15.4. The summed E-state index contributed by atoms with van der Waals surface area (Å²) >= 11 is 5.94. The van der Waals surface area contributed by atoms with Gasteiger partial charge in [0.2, 0.25) is 0 Å². The number of carbonyl (C=O) groups excluding carboxylic acids is 1. The number of aryl methyl sites for hydroxylation is 1. The zero-order valence-electron chi connectivity index (χ0n) is 18.1. The van der Waals surface area contributed by atoms with E-state index in [0.29, 0.717) is 0 Å². The van der Waals surface area contributed by atoms with Gasteiger partial charge in [-0.05, 0) is 56.5 Å². The first kappa shape index (κ1) is 24.0. The molecule has 0 saturated carbocycles. The highest BCUT2D eigenvalue weighted by atomic mass is 35.5. The van der Waals surface area contributed by atoms with Crippen LogP contribution in [0.5, 0.6) is 0 Å². The summed E-state index contributed by atoms with van der Waals surface area (Å²) in [6.45, 7) is 10.5. The van der Waals surface area contributed by atoms with Gasteiger partial charge in [-0.2, -0.15) is 0 Å². The van der Waals surface area contributed by atoms with Crippen molar-refractivity contribution in [2.24, 2.45) is 0 Å². The second-order valence-electron chi connectivity index (χ2n) is 8.01. The topological polar surface area (TPSA) is 47.6 Å². The van der Waals surface area contributed by atoms with Crippen molar-refractivity contribution in [1.82, 2.24) is 20.4 Å². The summed E-state index contributed by atoms with van der Waals surface area (Å²) in [4.78, 5) is 16.8. The first-order valence-electron chi connectivity index (χ1n) is 11.4. The van der Waals surface area contributed by atoms with E-state index in [-0.39, 0.29) is 6.03 Å². The van der Waals surface area contributed by atoms with Crippen molar-refractivity contribution in [2.45, 2.75) is 51.9 Å². The summed E-state index contributed by atoms with van der Waals surface area (Å²) in [6, 6.07) is 8.18. The average Bonchev–Trinajstić information content (AvgIpc) is 2.73. The number of nitrogens with one attached hydrogen (secondary N) is 2. The number of benzene rings is 1. The van der Waals surface area contributed by atoms with Crippen LogP contribution in [-0.4, -0.2) is 68.2 Å². The summed E-state index contributed by atoms with van der Waals surface area (Å²) in [5.74, 6) is 0. The Kier molecular flexibility index (Phi) is 12.1. The van der Waals surface area contributed by atoms with E-state index in [0.717, 1.165) is 76.6 Å². The largest absolute Gasteiger partial charge is 0.338 e. The molecule has 1 aromatic rings. The predicted molar refractivity (Wildman–Crippen MR) is 123 cm³/mol. The molecule has 2 amide bonds. The summed E-state index contributed by atoms with van der Waals surface area (Å²) < 4.78 is 0. The Morgan fingerprint density at radius 3 is 2.07 bits per heavy atom. The standard InChI is InChI=1S/C23H39ClN4O/c1-2-3-4-5-13-25-23(29)26-14-7-16-28-19-17-27(18-20-28)15-6-8-21-9-11-22(24)12-10-21/h9-12H,2-8,13-20H2,1H3,(H2,25,26,29). The minimum absolute atomic E-state index is 0.0213. The van der Waals surface area contributed by atoms with Crippen LogP contribution in [0.2, 0.25) is 5.02 Å². The summed E-state index contributed by atoms with van der Waals surface area (Å²) in [5.41, 5.74) is 1.37. The molecule has 164 valence electrons. The molecule has 1 saturated heterocycles. The van der Waals surface area contributed by atoms with E-state index in [1.54, 1.807) is 0 Å². The number of hydrogen-bond donors (Lipinski definition) is 2. The summed E-state index contributed by atoms with van der Waals surface area (Å²) in [6.07, 6.45) is 8.07. The van der Waals surface area contributed by atoms with Gasteiger partial charge in [-0.25, -0.2) is 4.79 Å². The van der Waals surface area contributed by atoms with Crippen molar-refractivity contribution in [2.75, 3.05) is 52.4 Å². The molecule has 1 heterocycles. The molecule has 0 aromatic heterocycles. The van der Waals surface area contributed by atoms with Crippen LogP contribution in [0.1, 0.15) is 51.0 Å². The second kappa shape index (κ2) is 14.6. The van der Waals surface area contributed by atoms with Crippen LogP contribution in [0, 0.1) is 0 Å². The van der Waals surface area contributed by atoms with Gasteiger partial charge in [0.25, 0.3) is 0 Å². The number of halogens is 1. The van der Waals surface area contributed by atoms with Gasteiger partial charge in [-0.15, -0.1) is 0 Å². The van der Waals surface area contributed by atoms with Crippen molar-refractivity contribution in [1.29, 1.82) is 0 Å². The predicted octanol–water partition coefficient (Wildman–Crippen LogP) is 4.16. The molecule has 5 nitrogen and oxygen atoms in total. The van der Waals surface area contributed by atoms with E-state index in [9.17, 15) is 4.79 Å². The smallest absolute Gasteiger partial charge is 0.314 e. The van der Waals surface area contributed by atoms with Gasteiger partial charge < -0.3 is 20.4 Å². The number of amides is 2. The molecule has 2 N–H and O–H groups in total. The van der Waals surface area contributed by atoms with Crippen LogP contribution in [-0.2, 0) is 6.42 Å². The molecule has 0 radical (unpaired) electrons. The molecule has 1 aliphatic heterocycles. The maximum atomic E-state index is 11.7. The van der Waals surface area contributed by atoms with E-state index in [1.165, 1.54) is 31.2 Å². The molecule has 0 atom stereocenters. The Balaban J connectivity index is 1.44. The van der Waals surface area contributed by atoms with Crippen molar-refractivity contribution < 1.29 is 4.79 Å². The van der Waals surface area contributed by atoms with Gasteiger partial charge in [0.1, 0.15) is 0 Å². The fourth-order valence-electron chi connectivity index (χ4n) is 3.72. The van der Waals surface area contributed by atoms with Gasteiger partial charge in [-0.3, -0.25) is 0 Å². The average molecular weight is 423 g/mol. The Labute approximate surface area is 182 Å². The van der Waals surface area contributed by atoms with Gasteiger partial charge >= 0.3 is 6.03 Å². The molecule has 0 spiro atoms. The molecule has 0 aliphatic carbocycles. The van der Waals surface area contributed by atoms with Crippen LogP contribution < -0.4 is 10.6 Å². The highest BCUT2D eigenvalue weighted by Crippen LogP contribution is 2.11. The maximum absolute atomic E-state index is 11.7. The quantitative estimate of drug-likeness (QED) is 0.469. The molecule has 6 heteroatoms. The molecular weight excluding hydrogens is 384 g/mol. The highest BCUT2D eigenvalue weighted by molar-refractivity contribution is 6.30. The Bertz CT molecular complexity index is 559. The summed E-state index contributed by atoms with van der Waals surface area (Å²) in [5, 5.41) is 6.72. The van der Waals surface area contributed by atoms with Crippen molar-refractivity contribution in [3.8, 4) is 0 Å². The van der Waals surface area contributed by atoms with Crippen molar-refractivity contribution in [3.63, 3.8) is 0 Å². The van der Waals surface area contributed by atoms with Crippen LogP contribution in [0.3, 0.4) is 0 Å². The zero-order chi connectivity index (χ0) is 20.7. The number of rotatable bonds is 13. The lowest BCUT2D eigenvalue weighted by Crippen LogP contribution is -2.47. The first-order chi connectivity index (χ1) is 14.2.